The number of aliphatic carboxylic acids is 1. The highest BCUT2D eigenvalue weighted by atomic mass is 32.2. The Kier molecular flexibility index (Phi) is 5.19. The molecule has 7 heteroatoms. The summed E-state index contributed by atoms with van der Waals surface area (Å²) in [7, 11) is -3.25. The Morgan fingerprint density at radius 1 is 1.23 bits per heavy atom. The van der Waals surface area contributed by atoms with Crippen molar-refractivity contribution in [3.63, 3.8) is 0 Å². The Balaban J connectivity index is 1.93. The van der Waals surface area contributed by atoms with Crippen LogP contribution in [0, 0.1) is 11.8 Å². The summed E-state index contributed by atoms with van der Waals surface area (Å²) in [5.41, 5.74) is -0.909. The lowest BCUT2D eigenvalue weighted by atomic mass is 9.62. The van der Waals surface area contributed by atoms with Crippen LogP contribution in [0.4, 0.5) is 0 Å². The summed E-state index contributed by atoms with van der Waals surface area (Å²) >= 11 is 0. The maximum atomic E-state index is 12.5. The molecular weight excluding hydrogens is 306 g/mol. The lowest BCUT2D eigenvalue weighted by Crippen LogP contribution is -2.55. The summed E-state index contributed by atoms with van der Waals surface area (Å²) in [5, 5.41) is 19.1. The molecule has 22 heavy (non-hydrogen) atoms. The quantitative estimate of drug-likeness (QED) is 0.767. The minimum atomic E-state index is -3.25. The van der Waals surface area contributed by atoms with E-state index in [9.17, 15) is 18.3 Å². The van der Waals surface area contributed by atoms with E-state index in [-0.39, 0.29) is 11.2 Å². The standard InChI is InChI=1S/C15H27NO5S/c1-3-13(4-2)22(20,21)16-7-5-12(6-8-16)15(19)9-11(10-15)14(17)18/h11-13,19H,3-10H2,1-2H3,(H,17,18). The Hall–Kier alpha value is -0.660. The fourth-order valence-corrected chi connectivity index (χ4v) is 5.85. The molecule has 2 rings (SSSR count). The van der Waals surface area contributed by atoms with Gasteiger partial charge in [0, 0.05) is 13.1 Å². The lowest BCUT2D eigenvalue weighted by Gasteiger charge is -2.49. The predicted octanol–water partition coefficient (Wildman–Crippen LogP) is 1.44. The first-order valence-electron chi connectivity index (χ1n) is 8.18. The van der Waals surface area contributed by atoms with Gasteiger partial charge in [-0.15, -0.1) is 0 Å². The number of rotatable bonds is 6. The van der Waals surface area contributed by atoms with Crippen LogP contribution < -0.4 is 0 Å². The van der Waals surface area contributed by atoms with Gasteiger partial charge in [0.2, 0.25) is 10.0 Å². The molecular formula is C15H27NO5S. The molecule has 0 bridgehead atoms. The number of piperidine rings is 1. The van der Waals surface area contributed by atoms with E-state index in [1.165, 1.54) is 0 Å². The van der Waals surface area contributed by atoms with Crippen LogP contribution in [0.2, 0.25) is 0 Å². The van der Waals surface area contributed by atoms with Gasteiger partial charge in [-0.1, -0.05) is 13.8 Å². The van der Waals surface area contributed by atoms with Crippen molar-refractivity contribution in [1.29, 1.82) is 0 Å². The van der Waals surface area contributed by atoms with Crippen LogP contribution in [-0.2, 0) is 14.8 Å². The van der Waals surface area contributed by atoms with E-state index >= 15 is 0 Å². The summed E-state index contributed by atoms with van der Waals surface area (Å²) in [4.78, 5) is 10.9. The van der Waals surface area contributed by atoms with Gasteiger partial charge in [-0.2, -0.15) is 0 Å². The summed E-state index contributed by atoms with van der Waals surface area (Å²) < 4.78 is 26.6. The smallest absolute Gasteiger partial charge is 0.306 e. The van der Waals surface area contributed by atoms with Gasteiger partial charge in [0.05, 0.1) is 16.8 Å². The monoisotopic (exact) mass is 333 g/mol. The van der Waals surface area contributed by atoms with Crippen LogP contribution in [0.5, 0.6) is 0 Å². The van der Waals surface area contributed by atoms with Crippen LogP contribution in [0.25, 0.3) is 0 Å². The second kappa shape index (κ2) is 6.45. The zero-order chi connectivity index (χ0) is 16.5. The van der Waals surface area contributed by atoms with E-state index in [4.69, 9.17) is 5.11 Å². The molecule has 1 saturated heterocycles. The number of hydrogen-bond acceptors (Lipinski definition) is 4. The average Bonchev–Trinajstić information content (AvgIpc) is 2.44. The molecule has 0 atom stereocenters. The van der Waals surface area contributed by atoms with Crippen molar-refractivity contribution in [2.45, 2.75) is 63.2 Å². The Morgan fingerprint density at radius 2 is 1.73 bits per heavy atom. The number of carboxylic acids is 1. The number of carboxylic acid groups (broad SMARTS) is 1. The molecule has 0 unspecified atom stereocenters. The van der Waals surface area contributed by atoms with E-state index in [1.54, 1.807) is 4.31 Å². The average molecular weight is 333 g/mol. The molecule has 0 radical (unpaired) electrons. The predicted molar refractivity (Wildman–Crippen MR) is 82.9 cm³/mol. The maximum absolute atomic E-state index is 12.5. The molecule has 2 N–H and O–H groups in total. The molecule has 6 nitrogen and oxygen atoms in total. The summed E-state index contributed by atoms with van der Waals surface area (Å²) in [6, 6.07) is 0. The van der Waals surface area contributed by atoms with E-state index in [0.29, 0.717) is 51.6 Å². The second-order valence-corrected chi connectivity index (χ2v) is 8.92. The van der Waals surface area contributed by atoms with Crippen LogP contribution >= 0.6 is 0 Å². The molecule has 0 amide bonds. The molecule has 1 aliphatic carbocycles. The summed E-state index contributed by atoms with van der Waals surface area (Å²) in [6.07, 6.45) is 3.05. The molecule has 1 saturated carbocycles. The van der Waals surface area contributed by atoms with E-state index in [0.717, 1.165) is 0 Å². The summed E-state index contributed by atoms with van der Waals surface area (Å²) in [6.45, 7) is 4.65. The zero-order valence-corrected chi connectivity index (χ0v) is 14.2. The number of aliphatic hydroxyl groups is 1. The Bertz CT molecular complexity index is 500. The fourth-order valence-electron chi connectivity index (χ4n) is 3.87. The first-order chi connectivity index (χ1) is 10.2. The number of nitrogens with zero attached hydrogens (tertiary/aromatic N) is 1. The van der Waals surface area contributed by atoms with Crippen LogP contribution in [0.15, 0.2) is 0 Å². The van der Waals surface area contributed by atoms with Crippen molar-refractivity contribution in [2.75, 3.05) is 13.1 Å². The third kappa shape index (κ3) is 3.16. The van der Waals surface area contributed by atoms with Crippen molar-refractivity contribution < 1.29 is 23.4 Å². The van der Waals surface area contributed by atoms with Gasteiger partial charge < -0.3 is 10.2 Å². The van der Waals surface area contributed by atoms with Gasteiger partial charge >= 0.3 is 5.97 Å². The zero-order valence-electron chi connectivity index (χ0n) is 13.4. The van der Waals surface area contributed by atoms with Gasteiger partial charge in [0.25, 0.3) is 0 Å². The Morgan fingerprint density at radius 3 is 2.14 bits per heavy atom. The highest BCUT2D eigenvalue weighted by Crippen LogP contribution is 2.46. The van der Waals surface area contributed by atoms with Crippen molar-refractivity contribution in [2.24, 2.45) is 11.8 Å². The maximum Gasteiger partial charge on any atom is 0.306 e. The van der Waals surface area contributed by atoms with Gasteiger partial charge in [-0.05, 0) is 44.4 Å². The van der Waals surface area contributed by atoms with Crippen LogP contribution in [-0.4, -0.2) is 52.8 Å². The van der Waals surface area contributed by atoms with Gasteiger partial charge in [0.15, 0.2) is 0 Å². The van der Waals surface area contributed by atoms with Crippen molar-refractivity contribution in [3.05, 3.63) is 0 Å². The highest BCUT2D eigenvalue weighted by molar-refractivity contribution is 7.89. The second-order valence-electron chi connectivity index (χ2n) is 6.70. The normalized spacial score (nSPS) is 31.2. The third-order valence-corrected chi connectivity index (χ3v) is 8.05. The molecule has 128 valence electrons. The minimum Gasteiger partial charge on any atom is -0.481 e. The molecule has 2 aliphatic rings. The summed E-state index contributed by atoms with van der Waals surface area (Å²) in [5.74, 6) is -1.29. The first-order valence-corrected chi connectivity index (χ1v) is 9.69. The van der Waals surface area contributed by atoms with E-state index < -0.39 is 27.5 Å². The molecule has 0 spiro atoms. The fraction of sp³-hybridized carbons (Fsp3) is 0.933. The van der Waals surface area contributed by atoms with Crippen LogP contribution in [0.3, 0.4) is 0 Å². The van der Waals surface area contributed by atoms with Gasteiger partial charge in [-0.25, -0.2) is 12.7 Å². The molecule has 1 heterocycles. The van der Waals surface area contributed by atoms with Crippen molar-refractivity contribution >= 4 is 16.0 Å². The Labute approximate surface area is 132 Å². The van der Waals surface area contributed by atoms with E-state index in [1.807, 2.05) is 13.8 Å². The van der Waals surface area contributed by atoms with Crippen molar-refractivity contribution in [1.82, 2.24) is 4.31 Å². The minimum absolute atomic E-state index is 0.0104. The van der Waals surface area contributed by atoms with Crippen LogP contribution in [0.1, 0.15) is 52.4 Å². The van der Waals surface area contributed by atoms with E-state index in [2.05, 4.69) is 0 Å². The SMILES string of the molecule is CCC(CC)S(=O)(=O)N1CCC(C2(O)CC(C(=O)O)C2)CC1. The highest BCUT2D eigenvalue weighted by Gasteiger charge is 2.52. The topological polar surface area (TPSA) is 94.9 Å². The number of hydrogen-bond donors (Lipinski definition) is 2. The number of sulfonamides is 1. The third-order valence-electron chi connectivity index (χ3n) is 5.45. The first kappa shape index (κ1) is 17.7. The molecule has 0 aromatic heterocycles. The van der Waals surface area contributed by atoms with Gasteiger partial charge in [0.1, 0.15) is 0 Å². The lowest BCUT2D eigenvalue weighted by molar-refractivity contribution is -0.169. The molecule has 2 fully saturated rings. The molecule has 1 aliphatic heterocycles. The molecule has 0 aromatic carbocycles. The van der Waals surface area contributed by atoms with Crippen molar-refractivity contribution in [3.8, 4) is 0 Å². The number of carbonyl (C=O) groups is 1. The molecule has 0 aromatic rings. The largest absolute Gasteiger partial charge is 0.481 e. The van der Waals surface area contributed by atoms with Gasteiger partial charge in [-0.3, -0.25) is 4.79 Å².